The molecule has 0 amide bonds. The number of hydrogen-bond acceptors (Lipinski definition) is 4. The van der Waals surface area contributed by atoms with Crippen molar-refractivity contribution in [2.24, 2.45) is 0 Å². The molecule has 0 atom stereocenters. The van der Waals surface area contributed by atoms with Crippen LogP contribution in [0.1, 0.15) is 11.1 Å². The normalized spacial score (nSPS) is 9.70. The van der Waals surface area contributed by atoms with E-state index >= 15 is 0 Å². The fourth-order valence-corrected chi connectivity index (χ4v) is 2.74. The van der Waals surface area contributed by atoms with Crippen LogP contribution in [-0.4, -0.2) is 4.73 Å². The van der Waals surface area contributed by atoms with Gasteiger partial charge in [-0.3, -0.25) is 0 Å². The van der Waals surface area contributed by atoms with Crippen LogP contribution < -0.4 is 29.6 Å². The van der Waals surface area contributed by atoms with Gasteiger partial charge in [0.05, 0.1) is 21.7 Å². The number of nitrogens with zero attached hydrogens (tertiary/aromatic N) is 3. The maximum absolute atomic E-state index is 12.2. The van der Waals surface area contributed by atoms with Crippen LogP contribution in [0.3, 0.4) is 0 Å². The van der Waals surface area contributed by atoms with Crippen molar-refractivity contribution in [3.05, 3.63) is 52.0 Å². The summed E-state index contributed by atoms with van der Waals surface area (Å²) in [7, 11) is 0. The molecule has 0 aliphatic carbocycles. The van der Waals surface area contributed by atoms with Gasteiger partial charge in [-0.1, -0.05) is 6.07 Å². The molecule has 0 saturated carbocycles. The van der Waals surface area contributed by atoms with Crippen LogP contribution in [0.4, 0.5) is 0 Å². The third-order valence-corrected chi connectivity index (χ3v) is 3.80. The summed E-state index contributed by atoms with van der Waals surface area (Å²) in [5.74, 6) is 0. The number of thiophene rings is 1. The van der Waals surface area contributed by atoms with Crippen molar-refractivity contribution in [1.82, 2.24) is 4.73 Å². The average Bonchev–Trinajstić information content (AvgIpc) is 3.05. The largest absolute Gasteiger partial charge is 1.00 e. The van der Waals surface area contributed by atoms with Crippen LogP contribution in [0.5, 0.6) is 0 Å². The van der Waals surface area contributed by atoms with Crippen molar-refractivity contribution in [2.45, 2.75) is 0 Å². The molecule has 2 heterocycles. The molecule has 0 aliphatic heterocycles. The minimum Gasteiger partial charge on any atom is -0.805 e. The summed E-state index contributed by atoms with van der Waals surface area (Å²) >= 11 is 1.47. The fraction of sp³-hybridized carbons (Fsp3) is 0. The Morgan fingerprint density at radius 1 is 1.10 bits per heavy atom. The molecule has 0 N–H and O–H groups in total. The van der Waals surface area contributed by atoms with Gasteiger partial charge in [-0.25, -0.2) is 0 Å². The number of nitriles is 2. The summed E-state index contributed by atoms with van der Waals surface area (Å²) in [5, 5.41) is 32.8. The van der Waals surface area contributed by atoms with E-state index in [2.05, 4.69) is 0 Å². The van der Waals surface area contributed by atoms with Crippen molar-refractivity contribution < 1.29 is 29.6 Å². The van der Waals surface area contributed by atoms with E-state index in [1.807, 2.05) is 29.7 Å². The van der Waals surface area contributed by atoms with E-state index < -0.39 is 0 Å². The molecule has 0 unspecified atom stereocenters. The van der Waals surface area contributed by atoms with Gasteiger partial charge in [0.1, 0.15) is 12.1 Å². The molecular weight excluding hydrogens is 281 g/mol. The van der Waals surface area contributed by atoms with E-state index in [-0.39, 0.29) is 35.1 Å². The third-order valence-electron chi connectivity index (χ3n) is 2.91. The molecule has 3 rings (SSSR count). The van der Waals surface area contributed by atoms with Crippen molar-refractivity contribution >= 4 is 22.2 Å². The minimum absolute atomic E-state index is 0. The molecule has 0 aliphatic rings. The Bertz CT molecular complexity index is 853. The quantitative estimate of drug-likeness (QED) is 0.610. The molecule has 20 heavy (non-hydrogen) atoms. The number of hydrogen-bond donors (Lipinski definition) is 0. The van der Waals surface area contributed by atoms with Crippen LogP contribution in [-0.2, 0) is 0 Å². The number of fused-ring (bicyclic) bond motifs is 1. The molecule has 0 saturated heterocycles. The number of aromatic nitrogens is 1. The van der Waals surface area contributed by atoms with Gasteiger partial charge in [-0.2, -0.15) is 10.5 Å². The second-order valence-electron chi connectivity index (χ2n) is 3.98. The zero-order valence-electron chi connectivity index (χ0n) is 10.6. The molecule has 6 heteroatoms. The molecule has 0 fully saturated rings. The zero-order chi connectivity index (χ0) is 13.4. The zero-order valence-corrected chi connectivity index (χ0v) is 13.4. The Hall–Kier alpha value is -1.76. The minimum atomic E-state index is 0. The van der Waals surface area contributed by atoms with Gasteiger partial charge >= 0.3 is 29.6 Å². The van der Waals surface area contributed by atoms with Gasteiger partial charge in [0.15, 0.2) is 0 Å². The summed E-state index contributed by atoms with van der Waals surface area (Å²) in [6, 6.07) is 12.4. The maximum atomic E-state index is 12.2. The summed E-state index contributed by atoms with van der Waals surface area (Å²) < 4.78 is 0.809. The van der Waals surface area contributed by atoms with Gasteiger partial charge in [0, 0.05) is 10.9 Å². The third kappa shape index (κ3) is 2.22. The van der Waals surface area contributed by atoms with E-state index in [1.165, 1.54) is 17.4 Å². The molecule has 0 bridgehead atoms. The molecular formula is C14H6N3NaOS. The molecule has 0 spiro atoms. The van der Waals surface area contributed by atoms with Gasteiger partial charge in [0.2, 0.25) is 0 Å². The van der Waals surface area contributed by atoms with E-state index in [1.54, 1.807) is 12.1 Å². The SMILES string of the molecule is N#Cc1cc2cc(-c3cccs3)n([O-])c2cc1C#N.[Na+]. The van der Waals surface area contributed by atoms with Crippen molar-refractivity contribution in [1.29, 1.82) is 10.5 Å². The Labute approximate surface area is 141 Å². The molecule has 3 aromatic rings. The molecule has 2 aromatic heterocycles. The molecule has 4 nitrogen and oxygen atoms in total. The average molecular weight is 287 g/mol. The van der Waals surface area contributed by atoms with Crippen molar-refractivity contribution in [2.75, 3.05) is 0 Å². The van der Waals surface area contributed by atoms with E-state index in [0.29, 0.717) is 22.2 Å². The topological polar surface area (TPSA) is 75.6 Å². The van der Waals surface area contributed by atoms with Crippen molar-refractivity contribution in [3.63, 3.8) is 0 Å². The first-order chi connectivity index (χ1) is 9.24. The second-order valence-corrected chi connectivity index (χ2v) is 4.93. The molecule has 0 radical (unpaired) electrons. The van der Waals surface area contributed by atoms with E-state index in [9.17, 15) is 5.21 Å². The summed E-state index contributed by atoms with van der Waals surface area (Å²) in [5.41, 5.74) is 1.48. The first kappa shape index (κ1) is 14.6. The van der Waals surface area contributed by atoms with Crippen LogP contribution in [0.15, 0.2) is 35.7 Å². The Morgan fingerprint density at radius 3 is 2.40 bits per heavy atom. The smallest absolute Gasteiger partial charge is 0.805 e. The second kappa shape index (κ2) is 5.70. The summed E-state index contributed by atoms with van der Waals surface area (Å²) in [4.78, 5) is 0.864. The summed E-state index contributed by atoms with van der Waals surface area (Å²) in [6.07, 6.45) is 0. The fourth-order valence-electron chi connectivity index (χ4n) is 2.01. The van der Waals surface area contributed by atoms with Gasteiger partial charge in [-0.15, -0.1) is 11.3 Å². The Kier molecular flexibility index (Phi) is 4.17. The van der Waals surface area contributed by atoms with Crippen LogP contribution >= 0.6 is 11.3 Å². The van der Waals surface area contributed by atoms with Gasteiger partial charge in [0.25, 0.3) is 0 Å². The predicted molar refractivity (Wildman–Crippen MR) is 73.4 cm³/mol. The first-order valence-electron chi connectivity index (χ1n) is 5.45. The first-order valence-corrected chi connectivity index (χ1v) is 6.33. The van der Waals surface area contributed by atoms with Crippen LogP contribution in [0, 0.1) is 27.9 Å². The van der Waals surface area contributed by atoms with Crippen LogP contribution in [0.25, 0.3) is 21.5 Å². The standard InChI is InChI=1S/C14H6N3OS.Na/c15-7-10-4-9-5-13(14-2-1-3-19-14)17(18)12(9)6-11(10)8-16;/h1-6H;/q-1;+1. The van der Waals surface area contributed by atoms with E-state index in [0.717, 1.165) is 9.61 Å². The van der Waals surface area contributed by atoms with Crippen LogP contribution in [0.2, 0.25) is 0 Å². The van der Waals surface area contributed by atoms with E-state index in [4.69, 9.17) is 10.5 Å². The molecule has 90 valence electrons. The number of rotatable bonds is 1. The van der Waals surface area contributed by atoms with Gasteiger partial charge < -0.3 is 9.94 Å². The summed E-state index contributed by atoms with van der Waals surface area (Å²) in [6.45, 7) is 0. The monoisotopic (exact) mass is 287 g/mol. The predicted octanol–water partition coefficient (Wildman–Crippen LogP) is 0.463. The number of benzene rings is 1. The maximum Gasteiger partial charge on any atom is 1.00 e. The molecule has 1 aromatic carbocycles. The van der Waals surface area contributed by atoms with Gasteiger partial charge in [-0.05, 0) is 29.6 Å². The van der Waals surface area contributed by atoms with Crippen molar-refractivity contribution in [3.8, 4) is 22.7 Å². The Balaban J connectivity index is 0.00000147. The Morgan fingerprint density at radius 2 is 1.80 bits per heavy atom.